The molecule has 5 N–H and O–H groups in total. The van der Waals surface area contributed by atoms with E-state index in [1.54, 1.807) is 24.7 Å². The number of carbonyl (C=O) groups excluding carboxylic acids is 2. The van der Waals surface area contributed by atoms with Crippen molar-refractivity contribution in [2.24, 2.45) is 11.7 Å². The number of hydrogen-bond acceptors (Lipinski definition) is 6. The minimum atomic E-state index is -1.20. The Kier molecular flexibility index (Phi) is 7.09. The van der Waals surface area contributed by atoms with Crippen molar-refractivity contribution in [3.8, 4) is 11.4 Å². The van der Waals surface area contributed by atoms with Crippen LogP contribution in [0.2, 0.25) is 0 Å². The highest BCUT2D eigenvalue weighted by Gasteiger charge is 2.35. The standard InChI is InChI=1S/C22H28N4O5/c1-13(2)9-17(21(23)29)25-22(30)14-10-18(27)20(28)19(11-14)31-16-5-3-15(4-6-16)26-8-7-24-12-26/h3-8,11-13,17-20,27-28H,9-10H2,1-2H3,(H2,23,29)(H,25,30). The molecule has 1 aliphatic rings. The van der Waals surface area contributed by atoms with E-state index in [-0.39, 0.29) is 17.9 Å². The predicted octanol–water partition coefficient (Wildman–Crippen LogP) is 0.688. The summed E-state index contributed by atoms with van der Waals surface area (Å²) in [5, 5.41) is 23.2. The first kappa shape index (κ1) is 22.5. The quantitative estimate of drug-likeness (QED) is 0.488. The van der Waals surface area contributed by atoms with Gasteiger partial charge in [0, 0.05) is 30.1 Å². The molecule has 0 saturated heterocycles. The average molecular weight is 428 g/mol. The Morgan fingerprint density at radius 1 is 1.29 bits per heavy atom. The highest BCUT2D eigenvalue weighted by Crippen LogP contribution is 2.25. The van der Waals surface area contributed by atoms with Crippen molar-refractivity contribution in [3.63, 3.8) is 0 Å². The number of amides is 2. The van der Waals surface area contributed by atoms with Gasteiger partial charge in [0.25, 0.3) is 0 Å². The lowest BCUT2D eigenvalue weighted by atomic mass is 9.91. The molecular weight excluding hydrogens is 400 g/mol. The number of nitrogens with two attached hydrogens (primary N) is 1. The summed E-state index contributed by atoms with van der Waals surface area (Å²) in [7, 11) is 0. The Balaban J connectivity index is 1.73. The molecule has 9 heteroatoms. The third kappa shape index (κ3) is 5.71. The zero-order valence-corrected chi connectivity index (χ0v) is 17.5. The first-order chi connectivity index (χ1) is 14.7. The van der Waals surface area contributed by atoms with Crippen LogP contribution in [0.3, 0.4) is 0 Å². The second kappa shape index (κ2) is 9.76. The van der Waals surface area contributed by atoms with E-state index in [0.29, 0.717) is 12.2 Å². The maximum atomic E-state index is 12.7. The molecule has 1 aromatic heterocycles. The van der Waals surface area contributed by atoms with Crippen LogP contribution < -0.4 is 15.8 Å². The lowest BCUT2D eigenvalue weighted by Crippen LogP contribution is -2.49. The van der Waals surface area contributed by atoms with E-state index in [0.717, 1.165) is 5.69 Å². The van der Waals surface area contributed by atoms with Crippen LogP contribution in [0.1, 0.15) is 26.7 Å². The molecule has 1 aliphatic carbocycles. The monoisotopic (exact) mass is 428 g/mol. The number of carbonyl (C=O) groups is 2. The number of nitrogens with one attached hydrogen (secondary N) is 1. The Morgan fingerprint density at radius 3 is 2.58 bits per heavy atom. The van der Waals surface area contributed by atoms with Crippen molar-refractivity contribution in [3.05, 3.63) is 54.6 Å². The SMILES string of the molecule is CC(C)CC(NC(=O)C1=CC(Oc2ccc(-n3ccnc3)cc2)C(O)C(O)C1)C(N)=O. The van der Waals surface area contributed by atoms with Gasteiger partial charge in [-0.1, -0.05) is 13.8 Å². The summed E-state index contributed by atoms with van der Waals surface area (Å²) in [5.74, 6) is -0.510. The van der Waals surface area contributed by atoms with Gasteiger partial charge in [-0.3, -0.25) is 9.59 Å². The van der Waals surface area contributed by atoms with Gasteiger partial charge in [0.2, 0.25) is 11.8 Å². The third-order valence-electron chi connectivity index (χ3n) is 5.08. The zero-order chi connectivity index (χ0) is 22.5. The molecule has 3 rings (SSSR count). The van der Waals surface area contributed by atoms with Gasteiger partial charge in [-0.15, -0.1) is 0 Å². The lowest BCUT2D eigenvalue weighted by Gasteiger charge is -2.31. The molecule has 0 bridgehead atoms. The summed E-state index contributed by atoms with van der Waals surface area (Å²) in [6, 6.07) is 6.28. The number of rotatable bonds is 8. The van der Waals surface area contributed by atoms with Crippen LogP contribution in [0.5, 0.6) is 5.75 Å². The fraction of sp³-hybridized carbons (Fsp3) is 0.409. The molecular formula is C22H28N4O5. The molecule has 4 atom stereocenters. The van der Waals surface area contributed by atoms with Crippen molar-refractivity contribution in [2.75, 3.05) is 0 Å². The normalized spacial score (nSPS) is 22.0. The number of aliphatic hydroxyl groups is 2. The largest absolute Gasteiger partial charge is 0.484 e. The molecule has 2 amide bonds. The Bertz CT molecular complexity index is 924. The van der Waals surface area contributed by atoms with Crippen molar-refractivity contribution in [1.29, 1.82) is 0 Å². The summed E-state index contributed by atoms with van der Waals surface area (Å²) in [6.45, 7) is 3.84. The van der Waals surface area contributed by atoms with Crippen LogP contribution in [0, 0.1) is 5.92 Å². The number of aliphatic hydroxyl groups excluding tert-OH is 2. The van der Waals surface area contributed by atoms with Crippen molar-refractivity contribution in [2.45, 2.75) is 51.0 Å². The van der Waals surface area contributed by atoms with Crippen LogP contribution in [0.25, 0.3) is 5.69 Å². The molecule has 31 heavy (non-hydrogen) atoms. The predicted molar refractivity (Wildman–Crippen MR) is 113 cm³/mol. The topological polar surface area (TPSA) is 140 Å². The number of ether oxygens (including phenoxy) is 1. The molecule has 166 valence electrons. The number of imidazole rings is 1. The Labute approximate surface area is 180 Å². The highest BCUT2D eigenvalue weighted by atomic mass is 16.5. The van der Waals surface area contributed by atoms with E-state index in [9.17, 15) is 19.8 Å². The summed E-state index contributed by atoms with van der Waals surface area (Å²) in [5.41, 5.74) is 6.51. The fourth-order valence-electron chi connectivity index (χ4n) is 3.44. The summed E-state index contributed by atoms with van der Waals surface area (Å²) >= 11 is 0. The summed E-state index contributed by atoms with van der Waals surface area (Å²) in [6.07, 6.45) is 3.66. The number of benzene rings is 1. The molecule has 1 heterocycles. The van der Waals surface area contributed by atoms with Gasteiger partial charge >= 0.3 is 0 Å². The van der Waals surface area contributed by atoms with Gasteiger partial charge in [-0.2, -0.15) is 0 Å². The van der Waals surface area contributed by atoms with Crippen LogP contribution in [0.4, 0.5) is 0 Å². The first-order valence-corrected chi connectivity index (χ1v) is 10.2. The number of nitrogens with zero attached hydrogens (tertiary/aromatic N) is 2. The number of aromatic nitrogens is 2. The molecule has 0 saturated carbocycles. The molecule has 4 unspecified atom stereocenters. The van der Waals surface area contributed by atoms with E-state index in [1.165, 1.54) is 6.08 Å². The van der Waals surface area contributed by atoms with Crippen molar-refractivity contribution in [1.82, 2.24) is 14.9 Å². The molecule has 0 aliphatic heterocycles. The molecule has 9 nitrogen and oxygen atoms in total. The Morgan fingerprint density at radius 2 is 2.00 bits per heavy atom. The average Bonchev–Trinajstić information content (AvgIpc) is 3.25. The minimum Gasteiger partial charge on any atom is -0.484 e. The van der Waals surface area contributed by atoms with Crippen LogP contribution in [-0.2, 0) is 9.59 Å². The van der Waals surface area contributed by atoms with Gasteiger partial charge in [-0.05, 0) is 42.7 Å². The van der Waals surface area contributed by atoms with Crippen molar-refractivity contribution >= 4 is 11.8 Å². The lowest BCUT2D eigenvalue weighted by molar-refractivity contribution is -0.126. The number of primary amides is 1. The number of hydrogen-bond donors (Lipinski definition) is 4. The summed E-state index contributed by atoms with van der Waals surface area (Å²) in [4.78, 5) is 28.3. The van der Waals surface area contributed by atoms with Crippen molar-refractivity contribution < 1.29 is 24.5 Å². The van der Waals surface area contributed by atoms with Gasteiger partial charge in [0.05, 0.1) is 12.4 Å². The smallest absolute Gasteiger partial charge is 0.247 e. The molecule has 0 fully saturated rings. The van der Waals surface area contributed by atoms with Gasteiger partial charge in [0.1, 0.15) is 24.0 Å². The van der Waals surface area contributed by atoms with Crippen LogP contribution >= 0.6 is 0 Å². The van der Waals surface area contributed by atoms with E-state index < -0.39 is 36.2 Å². The fourth-order valence-corrected chi connectivity index (χ4v) is 3.44. The van der Waals surface area contributed by atoms with E-state index >= 15 is 0 Å². The highest BCUT2D eigenvalue weighted by molar-refractivity contribution is 5.97. The zero-order valence-electron chi connectivity index (χ0n) is 17.5. The van der Waals surface area contributed by atoms with E-state index in [4.69, 9.17) is 10.5 Å². The maximum Gasteiger partial charge on any atom is 0.247 e. The van der Waals surface area contributed by atoms with E-state index in [2.05, 4.69) is 10.3 Å². The van der Waals surface area contributed by atoms with Gasteiger partial charge < -0.3 is 30.6 Å². The molecule has 0 radical (unpaired) electrons. The van der Waals surface area contributed by atoms with Gasteiger partial charge in [-0.25, -0.2) is 4.98 Å². The Hall–Kier alpha value is -3.17. The molecule has 1 aromatic carbocycles. The van der Waals surface area contributed by atoms with E-state index in [1.807, 2.05) is 36.7 Å². The second-order valence-electron chi connectivity index (χ2n) is 8.06. The van der Waals surface area contributed by atoms with Crippen LogP contribution in [-0.4, -0.2) is 55.9 Å². The molecule has 0 spiro atoms. The first-order valence-electron chi connectivity index (χ1n) is 10.2. The molecule has 2 aromatic rings. The second-order valence-corrected chi connectivity index (χ2v) is 8.06. The minimum absolute atomic E-state index is 0.0560. The maximum absolute atomic E-state index is 12.7. The summed E-state index contributed by atoms with van der Waals surface area (Å²) < 4.78 is 7.66. The van der Waals surface area contributed by atoms with Gasteiger partial charge in [0.15, 0.2) is 0 Å². The third-order valence-corrected chi connectivity index (χ3v) is 5.08. The van der Waals surface area contributed by atoms with Crippen LogP contribution in [0.15, 0.2) is 54.6 Å².